The number of alkyl halides is 3. The highest BCUT2D eigenvalue weighted by Gasteiger charge is 2.48. The van der Waals surface area contributed by atoms with Crippen LogP contribution in [0.5, 0.6) is 0 Å². The number of hydrogen-bond acceptors (Lipinski definition) is 4. The predicted octanol–water partition coefficient (Wildman–Crippen LogP) is 5.65. The third-order valence-electron chi connectivity index (χ3n) is 6.45. The lowest BCUT2D eigenvalue weighted by Gasteiger charge is -2.33. The van der Waals surface area contributed by atoms with Crippen LogP contribution in [0.4, 0.5) is 23.2 Å². The van der Waals surface area contributed by atoms with Gasteiger partial charge in [-0.25, -0.2) is 4.39 Å². The average molecular weight is 590 g/mol. The standard InChI is InChI=1S/C27H21BBrF4NO4/c29-19-9-7-18(8-10-19)28-14-20(35)13-21(24(28)26(37)38-15-16-4-2-1-3-5-16)25(36)34-23-11-6-17(12-22(23)30)27(31,32)33/h1-12,21,24H,13-15H2,(H,34,36)/t21-,24-/m1/s1. The number of carbonyl (C=O) groups excluding carboxylic acids is 3. The van der Waals surface area contributed by atoms with E-state index in [-0.39, 0.29) is 31.2 Å². The minimum Gasteiger partial charge on any atom is -0.461 e. The molecule has 0 spiro atoms. The van der Waals surface area contributed by atoms with Gasteiger partial charge >= 0.3 is 12.1 Å². The van der Waals surface area contributed by atoms with Gasteiger partial charge in [0, 0.05) is 10.9 Å². The molecule has 0 aromatic heterocycles. The third-order valence-corrected chi connectivity index (χ3v) is 6.98. The average Bonchev–Trinajstić information content (AvgIpc) is 2.88. The maximum Gasteiger partial charge on any atom is 0.416 e. The van der Waals surface area contributed by atoms with E-state index < -0.39 is 53.6 Å². The quantitative estimate of drug-likeness (QED) is 0.229. The van der Waals surface area contributed by atoms with Crippen molar-refractivity contribution >= 4 is 51.5 Å². The molecule has 38 heavy (non-hydrogen) atoms. The van der Waals surface area contributed by atoms with E-state index in [1.807, 2.05) is 6.07 Å². The molecule has 0 aliphatic carbocycles. The Kier molecular flexibility index (Phi) is 8.35. The second-order valence-electron chi connectivity index (χ2n) is 9.01. The van der Waals surface area contributed by atoms with E-state index in [1.165, 1.54) is 0 Å². The molecule has 196 valence electrons. The second-order valence-corrected chi connectivity index (χ2v) is 9.93. The number of amides is 1. The van der Waals surface area contributed by atoms with E-state index >= 15 is 0 Å². The van der Waals surface area contributed by atoms with Gasteiger partial charge in [0.25, 0.3) is 0 Å². The fourth-order valence-corrected chi connectivity index (χ4v) is 4.84. The first-order valence-corrected chi connectivity index (χ1v) is 12.5. The number of hydrogen-bond donors (Lipinski definition) is 1. The number of Topliss-reactive ketones (excluding diaryl/α,β-unsaturated/α-hetero) is 1. The first-order chi connectivity index (χ1) is 18.0. The molecule has 1 aliphatic heterocycles. The van der Waals surface area contributed by atoms with Crippen LogP contribution in [-0.2, 0) is 31.9 Å². The molecule has 0 unspecified atom stereocenters. The van der Waals surface area contributed by atoms with Crippen molar-refractivity contribution in [2.75, 3.05) is 5.32 Å². The zero-order valence-electron chi connectivity index (χ0n) is 19.8. The van der Waals surface area contributed by atoms with Crippen molar-refractivity contribution in [2.45, 2.75) is 31.3 Å². The van der Waals surface area contributed by atoms with Gasteiger partial charge in [-0.3, -0.25) is 9.59 Å². The molecule has 2 atom stereocenters. The Balaban J connectivity index is 1.63. The molecule has 1 N–H and O–H groups in total. The summed E-state index contributed by atoms with van der Waals surface area (Å²) in [4.78, 5) is 39.4. The van der Waals surface area contributed by atoms with Crippen molar-refractivity contribution in [3.05, 3.63) is 94.2 Å². The summed E-state index contributed by atoms with van der Waals surface area (Å²) in [6, 6.07) is 17.6. The maximum absolute atomic E-state index is 14.5. The fourth-order valence-electron chi connectivity index (χ4n) is 4.57. The molecule has 1 heterocycles. The molecule has 4 rings (SSSR count). The summed E-state index contributed by atoms with van der Waals surface area (Å²) >= 11 is 3.34. The number of halogens is 5. The van der Waals surface area contributed by atoms with Crippen LogP contribution < -0.4 is 10.8 Å². The zero-order valence-corrected chi connectivity index (χ0v) is 21.4. The molecule has 1 amide bonds. The lowest BCUT2D eigenvalue weighted by Crippen LogP contribution is -2.50. The normalized spacial score (nSPS) is 17.7. The smallest absolute Gasteiger partial charge is 0.416 e. The Morgan fingerprint density at radius 2 is 1.71 bits per heavy atom. The number of benzene rings is 3. The van der Waals surface area contributed by atoms with E-state index in [0.717, 1.165) is 16.1 Å². The van der Waals surface area contributed by atoms with Crippen LogP contribution >= 0.6 is 15.9 Å². The number of rotatable bonds is 6. The van der Waals surface area contributed by atoms with Crippen LogP contribution in [0.3, 0.4) is 0 Å². The number of ketones is 1. The van der Waals surface area contributed by atoms with Crippen molar-refractivity contribution in [2.24, 2.45) is 5.92 Å². The van der Waals surface area contributed by atoms with Gasteiger partial charge in [-0.05, 0) is 42.2 Å². The molecular formula is C27H21BBrF4NO4. The van der Waals surface area contributed by atoms with Gasteiger partial charge in [-0.1, -0.05) is 63.9 Å². The minimum atomic E-state index is -4.76. The van der Waals surface area contributed by atoms with Crippen LogP contribution in [-0.4, -0.2) is 24.4 Å². The summed E-state index contributed by atoms with van der Waals surface area (Å²) in [5.74, 6) is -5.45. The zero-order chi connectivity index (χ0) is 27.4. The Labute approximate surface area is 224 Å². The summed E-state index contributed by atoms with van der Waals surface area (Å²) in [5.41, 5.74) is -0.335. The van der Waals surface area contributed by atoms with Crippen LogP contribution in [0, 0.1) is 11.7 Å². The maximum atomic E-state index is 14.5. The summed E-state index contributed by atoms with van der Waals surface area (Å²) in [5, 5.41) is 2.27. The number of anilines is 1. The Morgan fingerprint density at radius 1 is 1.03 bits per heavy atom. The van der Waals surface area contributed by atoms with Gasteiger partial charge < -0.3 is 14.8 Å². The molecule has 0 radical (unpaired) electrons. The van der Waals surface area contributed by atoms with Gasteiger partial charge in [0.2, 0.25) is 5.91 Å². The Hall–Kier alpha value is -3.47. The molecule has 0 bridgehead atoms. The first-order valence-electron chi connectivity index (χ1n) is 11.7. The van der Waals surface area contributed by atoms with Gasteiger partial charge in [0.15, 0.2) is 6.71 Å². The number of nitrogens with one attached hydrogen (secondary N) is 1. The molecule has 11 heteroatoms. The van der Waals surface area contributed by atoms with E-state index in [2.05, 4.69) is 21.2 Å². The molecule has 1 fully saturated rings. The molecule has 3 aromatic carbocycles. The largest absolute Gasteiger partial charge is 0.461 e. The fraction of sp³-hybridized carbons (Fsp3) is 0.222. The van der Waals surface area contributed by atoms with Gasteiger partial charge in [0.05, 0.1) is 23.0 Å². The van der Waals surface area contributed by atoms with Crippen LogP contribution in [0.25, 0.3) is 0 Å². The predicted molar refractivity (Wildman–Crippen MR) is 137 cm³/mol. The topological polar surface area (TPSA) is 72.5 Å². The van der Waals surface area contributed by atoms with Gasteiger partial charge in [-0.2, -0.15) is 13.2 Å². The second kappa shape index (κ2) is 11.5. The van der Waals surface area contributed by atoms with Gasteiger partial charge in [0.1, 0.15) is 18.2 Å². The van der Waals surface area contributed by atoms with Crippen molar-refractivity contribution in [3.63, 3.8) is 0 Å². The van der Waals surface area contributed by atoms with Crippen LogP contribution in [0.2, 0.25) is 12.1 Å². The van der Waals surface area contributed by atoms with E-state index in [4.69, 9.17) is 4.74 Å². The molecule has 3 aromatic rings. The third kappa shape index (κ3) is 6.50. The molecule has 5 nitrogen and oxygen atoms in total. The molecule has 1 aliphatic rings. The lowest BCUT2D eigenvalue weighted by molar-refractivity contribution is -0.148. The number of ether oxygens (including phenoxy) is 1. The van der Waals surface area contributed by atoms with E-state index in [0.29, 0.717) is 11.5 Å². The molecule has 0 saturated carbocycles. The summed E-state index contributed by atoms with van der Waals surface area (Å²) in [6.45, 7) is -0.750. The highest BCUT2D eigenvalue weighted by atomic mass is 79.9. The van der Waals surface area contributed by atoms with E-state index in [9.17, 15) is 31.9 Å². The summed E-state index contributed by atoms with van der Waals surface area (Å²) in [6.07, 6.45) is -5.07. The lowest BCUT2D eigenvalue weighted by atomic mass is 9.30. The van der Waals surface area contributed by atoms with Crippen molar-refractivity contribution in [3.8, 4) is 0 Å². The Morgan fingerprint density at radius 3 is 2.34 bits per heavy atom. The summed E-state index contributed by atoms with van der Waals surface area (Å²) in [7, 11) is 0. The highest BCUT2D eigenvalue weighted by Crippen LogP contribution is 2.37. The Bertz CT molecular complexity index is 1340. The van der Waals surface area contributed by atoms with Crippen LogP contribution in [0.1, 0.15) is 17.5 Å². The monoisotopic (exact) mass is 589 g/mol. The highest BCUT2D eigenvalue weighted by molar-refractivity contribution is 9.10. The number of carbonyl (C=O) groups is 3. The SMILES string of the molecule is O=C1CB(c2ccc(Br)cc2)[C@@H](C(=O)OCc2ccccc2)[C@H](C(=O)Nc2ccc(C(F)(F)F)cc2F)C1. The first kappa shape index (κ1) is 27.6. The van der Waals surface area contributed by atoms with E-state index in [1.54, 1.807) is 48.5 Å². The van der Waals surface area contributed by atoms with Crippen molar-refractivity contribution in [1.82, 2.24) is 0 Å². The van der Waals surface area contributed by atoms with Gasteiger partial charge in [-0.15, -0.1) is 0 Å². The molecular weight excluding hydrogens is 569 g/mol. The van der Waals surface area contributed by atoms with Crippen LogP contribution in [0.15, 0.2) is 77.3 Å². The minimum absolute atomic E-state index is 0.00877. The van der Waals surface area contributed by atoms with Crippen molar-refractivity contribution in [1.29, 1.82) is 0 Å². The molecule has 1 saturated heterocycles. The summed E-state index contributed by atoms with van der Waals surface area (Å²) < 4.78 is 59.5. The van der Waals surface area contributed by atoms with Crippen molar-refractivity contribution < 1.29 is 36.7 Å². The number of esters is 1.